The molecule has 0 unspecified atom stereocenters. The maximum Gasteiger partial charge on any atom is 0.271 e. The van der Waals surface area contributed by atoms with Crippen molar-refractivity contribution in [2.24, 2.45) is 0 Å². The van der Waals surface area contributed by atoms with Crippen LogP contribution in [0.2, 0.25) is 0 Å². The number of rotatable bonds is 5. The number of benzene rings is 1. The molecule has 9 N–H and O–H groups in total. The fourth-order valence-electron chi connectivity index (χ4n) is 16.9. The quantitative estimate of drug-likeness (QED) is 0.0945. The van der Waals surface area contributed by atoms with Crippen LogP contribution in [0.1, 0.15) is 194 Å². The number of aromatic hydroxyl groups is 1. The lowest BCUT2D eigenvalue weighted by Crippen LogP contribution is -2.41. The number of sulfone groups is 7. The van der Waals surface area contributed by atoms with Crippen LogP contribution in [0.15, 0.2) is 196 Å². The van der Waals surface area contributed by atoms with E-state index in [1.165, 1.54) is 123 Å². The molecule has 0 radical (unpaired) electrons. The van der Waals surface area contributed by atoms with Crippen molar-refractivity contribution in [2.45, 2.75) is 20.4 Å². The first-order valence-corrected chi connectivity index (χ1v) is 55.7. The highest BCUT2D eigenvalue weighted by Gasteiger charge is 2.51. The molecule has 14 aliphatic rings. The molecule has 22 rings (SSSR count). The number of phenolic OH excluding ortho intramolecular Hbond substituents is 1. The largest absolute Gasteiger partial charge is 0.507 e. The number of pyridine rings is 7. The molecule has 0 saturated carbocycles. The second-order valence-corrected chi connectivity index (χ2v) is 48.6. The Hall–Kier alpha value is -16.7. The SMILES string of the molecule is CN(C)C(=O)c1ccc2c(n1)C(=O)C1=C(C2=O)S(=O)(=O)CCN1.CN(C)C(=O)c1ccc2c(n1)C(=O)C1=C(NCCS1(=O)=O)C2=O.Cc1ccc2c(n1)C(=O)C1=C(C2=O)S(=O)(=O)CCN1.Cc1ccc2c(n1)C(=O)C1=C(NCCS1(=O)=O)C2=O.O=C(NCc1ccccn1)c1ccc2c(n1)C(=O)C1=C(C2=O)S(=O)(=O)CCN1.O=C1C2=C(NCCS2(=O)=O)C(=O)c2c(O)cccc21.O=C1C2=C(NCCS2(=O)=O)C(=O)c2ncccc21. The summed E-state index contributed by atoms with van der Waals surface area (Å²) in [6.45, 7) is 4.15. The van der Waals surface area contributed by atoms with Crippen molar-refractivity contribution in [2.75, 3.05) is 114 Å². The van der Waals surface area contributed by atoms with Gasteiger partial charge in [0, 0.05) is 103 Å². The Balaban J connectivity index is 0.000000124. The number of phenols is 1. The highest BCUT2D eigenvalue weighted by atomic mass is 32.2. The maximum absolute atomic E-state index is 12.7. The summed E-state index contributed by atoms with van der Waals surface area (Å²) in [5.41, 5.74) is -0.605. The van der Waals surface area contributed by atoms with Crippen LogP contribution >= 0.6 is 0 Å². The van der Waals surface area contributed by atoms with Gasteiger partial charge in [0.2, 0.25) is 81.0 Å². The van der Waals surface area contributed by atoms with Crippen molar-refractivity contribution in [3.05, 3.63) is 309 Å². The highest BCUT2D eigenvalue weighted by Crippen LogP contribution is 2.40. The van der Waals surface area contributed by atoms with Gasteiger partial charge in [0.25, 0.3) is 17.7 Å². The molecule has 768 valence electrons. The van der Waals surface area contributed by atoms with Gasteiger partial charge in [-0.25, -0.2) is 83.8 Å². The number of aryl methyl sites for hydroxylation is 2. The Labute approximate surface area is 843 Å². The van der Waals surface area contributed by atoms with Gasteiger partial charge in [-0.1, -0.05) is 12.1 Å². The van der Waals surface area contributed by atoms with E-state index in [4.69, 9.17) is 0 Å². The van der Waals surface area contributed by atoms with Crippen LogP contribution in [0.3, 0.4) is 0 Å². The molecule has 149 heavy (non-hydrogen) atoms. The zero-order chi connectivity index (χ0) is 108. The normalized spacial score (nSPS) is 19.6. The minimum atomic E-state index is -3.85. The molecule has 7 aliphatic carbocycles. The van der Waals surface area contributed by atoms with Crippen LogP contribution in [0.25, 0.3) is 0 Å². The van der Waals surface area contributed by atoms with Crippen molar-refractivity contribution >= 4 is 168 Å². The third-order valence-electron chi connectivity index (χ3n) is 24.0. The number of hydrogen-bond donors (Lipinski definition) is 9. The number of carbonyl (C=O) groups is 17. The van der Waals surface area contributed by atoms with Crippen molar-refractivity contribution in [1.82, 2.24) is 87.2 Å². The van der Waals surface area contributed by atoms with Crippen LogP contribution in [-0.4, -0.2) is 322 Å². The Morgan fingerprint density at radius 1 is 0.289 bits per heavy atom. The molecule has 0 spiro atoms. The number of fused-ring (bicyclic) bond motifs is 7. The zero-order valence-corrected chi connectivity index (χ0v) is 83.9. The molecule has 49 nitrogen and oxygen atoms in total. The molecule has 3 amide bonds. The smallest absolute Gasteiger partial charge is 0.271 e. The fraction of sp³-hybridized carbons (Fsp3) is 0.226. The number of allylic oxidation sites excluding steroid dienone is 14. The molecule has 1 aromatic carbocycles. The van der Waals surface area contributed by atoms with E-state index < -0.39 is 202 Å². The summed E-state index contributed by atoms with van der Waals surface area (Å²) in [6, 6.07) is 26.1. The predicted molar refractivity (Wildman–Crippen MR) is 517 cm³/mol. The van der Waals surface area contributed by atoms with E-state index in [2.05, 4.69) is 77.4 Å². The topological polar surface area (TPSA) is 742 Å². The number of aromatic nitrogens is 7. The number of amides is 3. The first kappa shape index (κ1) is 105. The summed E-state index contributed by atoms with van der Waals surface area (Å²) in [5.74, 6) is -12.7. The fourth-order valence-corrected chi connectivity index (χ4v) is 27.0. The van der Waals surface area contributed by atoms with Gasteiger partial charge < -0.3 is 57.4 Å². The van der Waals surface area contributed by atoms with Gasteiger partial charge in [0.05, 0.1) is 91.5 Å². The number of Topliss-reactive ketones (excluding diaryl/α,β-unsaturated/α-hetero) is 14. The van der Waals surface area contributed by atoms with Gasteiger partial charge in [-0.05, 0) is 111 Å². The highest BCUT2D eigenvalue weighted by molar-refractivity contribution is 7.98. The number of nitrogens with one attached hydrogen (secondary N) is 8. The Morgan fingerprint density at radius 3 is 0.919 bits per heavy atom. The van der Waals surface area contributed by atoms with Gasteiger partial charge in [-0.15, -0.1) is 0 Å². The first-order chi connectivity index (χ1) is 70.1. The summed E-state index contributed by atoms with van der Waals surface area (Å²) in [7, 11) is -20.2. The summed E-state index contributed by atoms with van der Waals surface area (Å²) in [6.07, 6.45) is 2.99. The molecule has 0 fully saturated rings. The lowest BCUT2D eigenvalue weighted by atomic mass is 9.91. The van der Waals surface area contributed by atoms with Gasteiger partial charge in [-0.3, -0.25) is 91.5 Å². The zero-order valence-electron chi connectivity index (χ0n) is 78.1. The average molecular weight is 2170 g/mol. The molecule has 0 saturated heterocycles. The summed E-state index contributed by atoms with van der Waals surface area (Å²) < 4.78 is 168. The van der Waals surface area contributed by atoms with E-state index in [-0.39, 0.29) is 234 Å². The molecule has 14 heterocycles. The van der Waals surface area contributed by atoms with Crippen molar-refractivity contribution in [3.63, 3.8) is 0 Å². The van der Waals surface area contributed by atoms with Crippen molar-refractivity contribution in [1.29, 1.82) is 0 Å². The second kappa shape index (κ2) is 39.6. The van der Waals surface area contributed by atoms with Gasteiger partial charge in [0.15, 0.2) is 68.9 Å². The minimum absolute atomic E-state index is 0.00542. The maximum atomic E-state index is 12.7. The van der Waals surface area contributed by atoms with Crippen LogP contribution in [0.5, 0.6) is 5.75 Å². The van der Waals surface area contributed by atoms with E-state index >= 15 is 0 Å². The second-order valence-electron chi connectivity index (χ2n) is 34.2. The Kier molecular flexibility index (Phi) is 27.9. The van der Waals surface area contributed by atoms with Crippen molar-refractivity contribution in [3.8, 4) is 5.75 Å². The van der Waals surface area contributed by atoms with E-state index in [9.17, 15) is 146 Å². The first-order valence-electron chi connectivity index (χ1n) is 44.1. The van der Waals surface area contributed by atoms with Crippen LogP contribution in [-0.2, 0) is 75.4 Å². The van der Waals surface area contributed by atoms with Gasteiger partial charge in [0.1, 0.15) is 131 Å². The van der Waals surface area contributed by atoms with E-state index in [0.29, 0.717) is 17.1 Å². The summed E-state index contributed by atoms with van der Waals surface area (Å²) in [4.78, 5) is 236. The Bertz CT molecular complexity index is 8760. The molecule has 7 aromatic heterocycles. The molecule has 8 aromatic rings. The summed E-state index contributed by atoms with van der Waals surface area (Å²) >= 11 is 0. The van der Waals surface area contributed by atoms with Crippen molar-refractivity contribution < 1.29 is 146 Å². The lowest BCUT2D eigenvalue weighted by molar-refractivity contribution is 0.0813. The number of carbonyl (C=O) groups excluding carboxylic acids is 17. The molecule has 7 aliphatic heterocycles. The third kappa shape index (κ3) is 19.3. The van der Waals surface area contributed by atoms with E-state index in [1.54, 1.807) is 50.4 Å². The molecule has 56 heteroatoms. The molecule has 0 bridgehead atoms. The van der Waals surface area contributed by atoms with Gasteiger partial charge in [-0.2, -0.15) is 0 Å². The summed E-state index contributed by atoms with van der Waals surface area (Å²) in [5, 5.41) is 31.1. The molecular weight excluding hydrogens is 2090 g/mol. The minimum Gasteiger partial charge on any atom is -0.507 e. The molecular formula is C93H77N17O32S7. The monoisotopic (exact) mass is 2170 g/mol. The number of nitrogens with zero attached hydrogens (tertiary/aromatic N) is 9. The van der Waals surface area contributed by atoms with E-state index in [1.807, 2.05) is 0 Å². The van der Waals surface area contributed by atoms with Gasteiger partial charge >= 0.3 is 0 Å². The van der Waals surface area contributed by atoms with Crippen LogP contribution in [0, 0.1) is 13.8 Å². The number of ketones is 14. The van der Waals surface area contributed by atoms with Crippen LogP contribution < -0.4 is 42.5 Å². The third-order valence-corrected chi connectivity index (χ3v) is 36.3. The predicted octanol–water partition coefficient (Wildman–Crippen LogP) is -1.51. The average Bonchev–Trinajstić information content (AvgIpc) is 0.732. The standard InChI is InChI=1S/C18H14N4O5S.2C14H13N3O5S.2C12H10N2O4S.C12H9NO5S.C11H8N2O4S/c23-15-11-4-5-12(18(25)21-9-10-3-1-2-6-19-10)22-13(11)16(24)14-17(15)28(26,27)8-7-20-14;1-17(2)14(20)8-4-3-7-9(16-8)12(19)10-13(11(7)18)23(21,22)6-5-15-10;1-17(2)14(20)8-4-3-7-9(16-8)12(19)13-10(11(7)18)15-5-6-23(13,21)22;1-6-2-3-7-8(14-6)11(16)9-12(10(7)15)19(17,18)5-4-13-9;1-6-2-3-7-8(14-6)11(16)12-9(10(7)15)13-4-5-19(12,17)18;14-7-3-1-2-6-8(7)11(16)9-12(10(6)15)19(17,18)5-4-13-9;14-9-6-2-1-3-12-7(6)10(15)8-11(9)18(16,17)5-4-13-8/h1-6,20H,7-9H2,(H,21,25);2*3-4,15H,5-6H2,1-2H3;2*2-3,13H,4-5H2,1H3;1-3,13-14H,4-5H2;1-3,13H,4-5H2. The van der Waals surface area contributed by atoms with E-state index in [0.717, 1.165) is 0 Å². The lowest BCUT2D eigenvalue weighted by Gasteiger charge is -2.25. The van der Waals surface area contributed by atoms with Crippen LogP contribution in [0.4, 0.5) is 0 Å². The Morgan fingerprint density at radius 2 is 0.564 bits per heavy atom. The molecule has 0 atom stereocenters. The number of hydrogen-bond acceptors (Lipinski definition) is 46.